The molecule has 0 saturated carbocycles. The lowest BCUT2D eigenvalue weighted by Gasteiger charge is -2.17. The smallest absolute Gasteiger partial charge is 0.250 e. The topological polar surface area (TPSA) is 34.0 Å². The van der Waals surface area contributed by atoms with Gasteiger partial charge in [-0.3, -0.25) is 4.79 Å². The van der Waals surface area contributed by atoms with Gasteiger partial charge in [-0.2, -0.15) is 0 Å². The Balaban J connectivity index is 1.80. The summed E-state index contributed by atoms with van der Waals surface area (Å²) in [6.45, 7) is 2.15. The number of benzene rings is 1. The van der Waals surface area contributed by atoms with E-state index in [1.807, 2.05) is 12.3 Å². The van der Waals surface area contributed by atoms with E-state index in [4.69, 9.17) is 0 Å². The van der Waals surface area contributed by atoms with E-state index in [0.29, 0.717) is 0 Å². The summed E-state index contributed by atoms with van der Waals surface area (Å²) in [7, 11) is 1.77. The summed E-state index contributed by atoms with van der Waals surface area (Å²) < 4.78 is 1.59. The first-order chi connectivity index (χ1) is 9.63. The average Bonchev–Trinajstić information content (AvgIpc) is 2.90. The van der Waals surface area contributed by atoms with E-state index in [1.54, 1.807) is 17.7 Å². The van der Waals surface area contributed by atoms with Crippen LogP contribution in [0.3, 0.4) is 0 Å². The fourth-order valence-electron chi connectivity index (χ4n) is 2.87. The molecule has 1 heterocycles. The number of pyridine rings is 1. The van der Waals surface area contributed by atoms with Gasteiger partial charge >= 0.3 is 0 Å². The van der Waals surface area contributed by atoms with Crippen LogP contribution in [-0.4, -0.2) is 4.57 Å². The summed E-state index contributed by atoms with van der Waals surface area (Å²) >= 11 is 0. The predicted octanol–water partition coefficient (Wildman–Crippen LogP) is 3.05. The average molecular weight is 268 g/mol. The monoisotopic (exact) mass is 268 g/mol. The number of nitrogens with one attached hydrogen (secondary N) is 1. The van der Waals surface area contributed by atoms with Crippen LogP contribution in [0.2, 0.25) is 0 Å². The van der Waals surface area contributed by atoms with Gasteiger partial charge in [0.2, 0.25) is 5.56 Å². The van der Waals surface area contributed by atoms with Gasteiger partial charge in [-0.15, -0.1) is 0 Å². The van der Waals surface area contributed by atoms with Crippen molar-refractivity contribution in [3.63, 3.8) is 0 Å². The number of hydrogen-bond donors (Lipinski definition) is 1. The highest BCUT2D eigenvalue weighted by Crippen LogP contribution is 2.26. The molecule has 1 N–H and O–H groups in total. The molecular weight excluding hydrogens is 248 g/mol. The maximum atomic E-state index is 11.4. The molecule has 1 aromatic carbocycles. The molecule has 20 heavy (non-hydrogen) atoms. The second-order valence-electron chi connectivity index (χ2n) is 5.61. The van der Waals surface area contributed by atoms with Gasteiger partial charge in [0, 0.05) is 25.4 Å². The van der Waals surface area contributed by atoms with Crippen LogP contribution in [-0.2, 0) is 19.9 Å². The molecule has 104 valence electrons. The maximum absolute atomic E-state index is 11.4. The zero-order valence-corrected chi connectivity index (χ0v) is 12.0. The molecule has 1 aromatic heterocycles. The number of anilines is 1. The maximum Gasteiger partial charge on any atom is 0.250 e. The minimum Gasteiger partial charge on any atom is -0.377 e. The molecular formula is C17H20N2O. The molecule has 0 spiro atoms. The third-order valence-corrected chi connectivity index (χ3v) is 4.09. The second kappa shape index (κ2) is 5.16. The molecule has 1 aliphatic carbocycles. The van der Waals surface area contributed by atoms with Crippen LogP contribution in [0.1, 0.15) is 36.1 Å². The highest BCUT2D eigenvalue weighted by Gasteiger charge is 2.13. The van der Waals surface area contributed by atoms with Crippen molar-refractivity contribution < 1.29 is 0 Å². The quantitative estimate of drug-likeness (QED) is 0.928. The summed E-state index contributed by atoms with van der Waals surface area (Å²) in [4.78, 5) is 11.4. The standard InChI is InChI=1S/C17H20N2O/c1-12(18-16-8-9-17(20)19(2)11-16)14-7-6-13-4-3-5-15(13)10-14/h6-12,18H,3-5H2,1-2H3. The normalized spacial score (nSPS) is 14.9. The molecule has 0 saturated heterocycles. The first-order valence-corrected chi connectivity index (χ1v) is 7.18. The van der Waals surface area contributed by atoms with E-state index < -0.39 is 0 Å². The van der Waals surface area contributed by atoms with Crippen molar-refractivity contribution in [3.05, 3.63) is 63.6 Å². The minimum atomic E-state index is 0.0146. The van der Waals surface area contributed by atoms with Crippen LogP contribution < -0.4 is 10.9 Å². The number of hydrogen-bond acceptors (Lipinski definition) is 2. The van der Waals surface area contributed by atoms with Crippen molar-refractivity contribution in [2.24, 2.45) is 7.05 Å². The summed E-state index contributed by atoms with van der Waals surface area (Å²) in [5, 5.41) is 3.46. The summed E-state index contributed by atoms with van der Waals surface area (Å²) in [5.74, 6) is 0. The largest absolute Gasteiger partial charge is 0.377 e. The van der Waals surface area contributed by atoms with E-state index in [0.717, 1.165) is 5.69 Å². The third-order valence-electron chi connectivity index (χ3n) is 4.09. The van der Waals surface area contributed by atoms with Crippen LogP contribution in [0, 0.1) is 0 Å². The summed E-state index contributed by atoms with van der Waals surface area (Å²) in [6.07, 6.45) is 5.54. The molecule has 1 aliphatic rings. The summed E-state index contributed by atoms with van der Waals surface area (Å²) in [5.41, 5.74) is 5.29. The molecule has 0 bridgehead atoms. The van der Waals surface area contributed by atoms with E-state index in [2.05, 4.69) is 30.4 Å². The highest BCUT2D eigenvalue weighted by molar-refractivity contribution is 5.44. The van der Waals surface area contributed by atoms with Crippen molar-refractivity contribution in [2.75, 3.05) is 5.32 Å². The number of aryl methyl sites for hydroxylation is 3. The predicted molar refractivity (Wildman–Crippen MR) is 82.2 cm³/mol. The number of rotatable bonds is 3. The summed E-state index contributed by atoms with van der Waals surface area (Å²) in [6, 6.07) is 10.5. The van der Waals surface area contributed by atoms with Crippen molar-refractivity contribution in [1.29, 1.82) is 0 Å². The zero-order chi connectivity index (χ0) is 14.1. The zero-order valence-electron chi connectivity index (χ0n) is 12.0. The van der Waals surface area contributed by atoms with Crippen LogP contribution >= 0.6 is 0 Å². The van der Waals surface area contributed by atoms with Gasteiger partial charge in [0.1, 0.15) is 0 Å². The molecule has 1 atom stereocenters. The molecule has 3 rings (SSSR count). The molecule has 0 fully saturated rings. The number of fused-ring (bicyclic) bond motifs is 1. The minimum absolute atomic E-state index is 0.0146. The van der Waals surface area contributed by atoms with Gasteiger partial charge in [0.15, 0.2) is 0 Å². The number of aromatic nitrogens is 1. The molecule has 3 heteroatoms. The Morgan fingerprint density at radius 2 is 1.95 bits per heavy atom. The lowest BCUT2D eigenvalue weighted by atomic mass is 10.0. The highest BCUT2D eigenvalue weighted by atomic mass is 16.1. The first kappa shape index (κ1) is 13.0. The Labute approximate surface area is 119 Å². The fourth-order valence-corrected chi connectivity index (χ4v) is 2.87. The molecule has 2 aromatic rings. The molecule has 1 unspecified atom stereocenters. The Morgan fingerprint density at radius 3 is 2.75 bits per heavy atom. The Hall–Kier alpha value is -2.03. The lowest BCUT2D eigenvalue weighted by Crippen LogP contribution is -2.16. The third kappa shape index (κ3) is 2.48. The van der Waals surface area contributed by atoms with E-state index >= 15 is 0 Å². The molecule has 0 radical (unpaired) electrons. The van der Waals surface area contributed by atoms with E-state index in [1.165, 1.54) is 36.0 Å². The molecule has 0 amide bonds. The second-order valence-corrected chi connectivity index (χ2v) is 5.61. The van der Waals surface area contributed by atoms with Crippen molar-refractivity contribution >= 4 is 5.69 Å². The Kier molecular flexibility index (Phi) is 3.35. The van der Waals surface area contributed by atoms with Gasteiger partial charge in [-0.05, 0) is 48.9 Å². The SMILES string of the molecule is CC(Nc1ccc(=O)n(C)c1)c1ccc2c(c1)CCC2. The molecule has 3 nitrogen and oxygen atoms in total. The van der Waals surface area contributed by atoms with Crippen LogP contribution in [0.5, 0.6) is 0 Å². The van der Waals surface area contributed by atoms with Crippen LogP contribution in [0.15, 0.2) is 41.3 Å². The first-order valence-electron chi connectivity index (χ1n) is 7.18. The van der Waals surface area contributed by atoms with Gasteiger partial charge in [0.25, 0.3) is 0 Å². The Morgan fingerprint density at radius 1 is 1.15 bits per heavy atom. The fraction of sp³-hybridized carbons (Fsp3) is 0.353. The van der Waals surface area contributed by atoms with E-state index in [9.17, 15) is 4.79 Å². The van der Waals surface area contributed by atoms with Crippen molar-refractivity contribution in [2.45, 2.75) is 32.2 Å². The van der Waals surface area contributed by atoms with Gasteiger partial charge in [-0.25, -0.2) is 0 Å². The van der Waals surface area contributed by atoms with Gasteiger partial charge in [-0.1, -0.05) is 18.2 Å². The van der Waals surface area contributed by atoms with Gasteiger partial charge < -0.3 is 9.88 Å². The van der Waals surface area contributed by atoms with Crippen molar-refractivity contribution in [1.82, 2.24) is 4.57 Å². The number of nitrogens with zero attached hydrogens (tertiary/aromatic N) is 1. The van der Waals surface area contributed by atoms with Crippen LogP contribution in [0.25, 0.3) is 0 Å². The van der Waals surface area contributed by atoms with Crippen LogP contribution in [0.4, 0.5) is 5.69 Å². The van der Waals surface area contributed by atoms with Crippen molar-refractivity contribution in [3.8, 4) is 0 Å². The Bertz CT molecular complexity index is 688. The van der Waals surface area contributed by atoms with Gasteiger partial charge in [0.05, 0.1) is 5.69 Å². The molecule has 0 aliphatic heterocycles. The lowest BCUT2D eigenvalue weighted by molar-refractivity contribution is 0.839. The van der Waals surface area contributed by atoms with E-state index in [-0.39, 0.29) is 11.6 Å².